The van der Waals surface area contributed by atoms with Crippen LogP contribution < -0.4 is 9.47 Å². The van der Waals surface area contributed by atoms with Crippen LogP contribution in [0.4, 0.5) is 14.5 Å². The Morgan fingerprint density at radius 3 is 2.50 bits per heavy atom. The van der Waals surface area contributed by atoms with Crippen LogP contribution in [0.2, 0.25) is 0 Å². The van der Waals surface area contributed by atoms with E-state index in [0.29, 0.717) is 38.3 Å². The van der Waals surface area contributed by atoms with E-state index in [4.69, 9.17) is 4.74 Å². The molecule has 1 aliphatic heterocycles. The number of piperazine rings is 1. The van der Waals surface area contributed by atoms with Gasteiger partial charge in [-0.3, -0.25) is 19.8 Å². The number of hydrogen-bond donors (Lipinski definition) is 0. The fraction of sp³-hybridized carbons (Fsp3) is 0.350. The third-order valence-corrected chi connectivity index (χ3v) is 4.81. The topological polar surface area (TPSA) is 85.2 Å². The molecule has 2 aromatic carbocycles. The van der Waals surface area contributed by atoms with Gasteiger partial charge in [0.2, 0.25) is 0 Å². The molecule has 2 aromatic rings. The second kappa shape index (κ2) is 9.49. The Kier molecular flexibility index (Phi) is 6.78. The average molecular weight is 421 g/mol. The molecule has 0 saturated carbocycles. The largest absolute Gasteiger partial charge is 0.493 e. The highest BCUT2D eigenvalue weighted by Gasteiger charge is 2.24. The monoisotopic (exact) mass is 421 g/mol. The van der Waals surface area contributed by atoms with Crippen molar-refractivity contribution < 1.29 is 28.0 Å². The molecule has 8 nitrogen and oxygen atoms in total. The van der Waals surface area contributed by atoms with Gasteiger partial charge in [-0.05, 0) is 23.8 Å². The average Bonchev–Trinajstić information content (AvgIpc) is 2.74. The summed E-state index contributed by atoms with van der Waals surface area (Å²) in [7, 11) is 1.31. The van der Waals surface area contributed by atoms with Gasteiger partial charge in [0.25, 0.3) is 11.6 Å². The Bertz CT molecular complexity index is 917. The minimum absolute atomic E-state index is 0.0505. The molecular weight excluding hydrogens is 400 g/mol. The lowest BCUT2D eigenvalue weighted by atomic mass is 10.1. The second-order valence-corrected chi connectivity index (χ2v) is 6.74. The lowest BCUT2D eigenvalue weighted by molar-refractivity contribution is -0.384. The highest BCUT2D eigenvalue weighted by atomic mass is 19.3. The fourth-order valence-electron chi connectivity index (χ4n) is 3.31. The van der Waals surface area contributed by atoms with Crippen molar-refractivity contribution in [3.05, 3.63) is 63.7 Å². The van der Waals surface area contributed by atoms with Gasteiger partial charge in [0.15, 0.2) is 11.5 Å². The van der Waals surface area contributed by atoms with Crippen molar-refractivity contribution in [3.63, 3.8) is 0 Å². The van der Waals surface area contributed by atoms with Crippen LogP contribution in [0, 0.1) is 10.1 Å². The summed E-state index contributed by atoms with van der Waals surface area (Å²) in [4.78, 5) is 27.0. The van der Waals surface area contributed by atoms with Gasteiger partial charge >= 0.3 is 6.61 Å². The van der Waals surface area contributed by atoms with E-state index in [2.05, 4.69) is 9.64 Å². The van der Waals surface area contributed by atoms with Crippen LogP contribution in [0.3, 0.4) is 0 Å². The fourth-order valence-corrected chi connectivity index (χ4v) is 3.31. The number of carbonyl (C=O) groups is 1. The molecule has 160 valence electrons. The number of nitrogens with zero attached hydrogens (tertiary/aromatic N) is 3. The molecule has 1 heterocycles. The number of alkyl halides is 2. The predicted molar refractivity (Wildman–Crippen MR) is 104 cm³/mol. The van der Waals surface area contributed by atoms with E-state index in [-0.39, 0.29) is 23.1 Å². The summed E-state index contributed by atoms with van der Waals surface area (Å²) >= 11 is 0. The summed E-state index contributed by atoms with van der Waals surface area (Å²) in [5.41, 5.74) is 1.21. The van der Waals surface area contributed by atoms with Crippen LogP contribution in [-0.2, 0) is 6.54 Å². The molecule has 0 spiro atoms. The van der Waals surface area contributed by atoms with Gasteiger partial charge in [0.05, 0.1) is 12.0 Å². The van der Waals surface area contributed by atoms with E-state index in [1.807, 2.05) is 6.07 Å². The molecule has 0 bridgehead atoms. The number of methoxy groups -OCH3 is 1. The molecule has 0 aliphatic carbocycles. The first kappa shape index (κ1) is 21.4. The van der Waals surface area contributed by atoms with Crippen LogP contribution in [-0.4, -0.2) is 60.5 Å². The maximum absolute atomic E-state index is 12.8. The molecule has 0 N–H and O–H groups in total. The quantitative estimate of drug-likeness (QED) is 0.504. The molecule has 0 unspecified atom stereocenters. The Morgan fingerprint density at radius 2 is 1.87 bits per heavy atom. The SMILES string of the molecule is COc1cc(C(=O)N2CCN(Cc3cccc([N+](=O)[O-])c3)CC2)ccc1OC(F)F. The number of ether oxygens (including phenoxy) is 2. The molecule has 1 fully saturated rings. The maximum Gasteiger partial charge on any atom is 0.387 e. The van der Waals surface area contributed by atoms with Gasteiger partial charge in [-0.1, -0.05) is 12.1 Å². The Balaban J connectivity index is 1.60. The molecule has 10 heteroatoms. The number of non-ortho nitro benzene ring substituents is 1. The second-order valence-electron chi connectivity index (χ2n) is 6.74. The van der Waals surface area contributed by atoms with E-state index >= 15 is 0 Å². The number of hydrogen-bond acceptors (Lipinski definition) is 6. The molecule has 0 radical (unpaired) electrons. The first-order valence-electron chi connectivity index (χ1n) is 9.25. The highest BCUT2D eigenvalue weighted by Crippen LogP contribution is 2.30. The number of benzene rings is 2. The van der Waals surface area contributed by atoms with E-state index in [1.165, 1.54) is 31.4 Å². The number of nitro groups is 1. The van der Waals surface area contributed by atoms with Crippen LogP contribution in [0.5, 0.6) is 11.5 Å². The van der Waals surface area contributed by atoms with E-state index in [9.17, 15) is 23.7 Å². The van der Waals surface area contributed by atoms with Gasteiger partial charge < -0.3 is 14.4 Å². The first-order valence-corrected chi connectivity index (χ1v) is 9.25. The van der Waals surface area contributed by atoms with Crippen molar-refractivity contribution in [1.29, 1.82) is 0 Å². The summed E-state index contributed by atoms with van der Waals surface area (Å²) in [6, 6.07) is 10.6. The zero-order valence-corrected chi connectivity index (χ0v) is 16.3. The number of carbonyl (C=O) groups excluding carboxylic acids is 1. The standard InChI is InChI=1S/C20H21F2N3O5/c1-29-18-12-15(5-6-17(18)30-20(21)22)19(26)24-9-7-23(8-10-24)13-14-3-2-4-16(11-14)25(27)28/h2-6,11-12,20H,7-10,13H2,1H3. The van der Waals surface area contributed by atoms with Crippen molar-refractivity contribution in [3.8, 4) is 11.5 Å². The molecule has 0 atom stereocenters. The summed E-state index contributed by atoms with van der Waals surface area (Å²) in [5.74, 6) is -0.303. The Morgan fingerprint density at radius 1 is 1.13 bits per heavy atom. The lowest BCUT2D eigenvalue weighted by Gasteiger charge is -2.34. The van der Waals surface area contributed by atoms with Crippen molar-refractivity contribution in [2.45, 2.75) is 13.2 Å². The summed E-state index contributed by atoms with van der Waals surface area (Å²) < 4.78 is 34.3. The van der Waals surface area contributed by atoms with Crippen molar-refractivity contribution >= 4 is 11.6 Å². The van der Waals surface area contributed by atoms with Crippen LogP contribution in [0.25, 0.3) is 0 Å². The van der Waals surface area contributed by atoms with Gasteiger partial charge in [0, 0.05) is 50.4 Å². The molecule has 0 aromatic heterocycles. The van der Waals surface area contributed by atoms with Crippen LogP contribution >= 0.6 is 0 Å². The van der Waals surface area contributed by atoms with Crippen molar-refractivity contribution in [2.75, 3.05) is 33.3 Å². The normalized spacial score (nSPS) is 14.6. The minimum Gasteiger partial charge on any atom is -0.493 e. The predicted octanol–water partition coefficient (Wildman–Crippen LogP) is 3.16. The molecule has 30 heavy (non-hydrogen) atoms. The zero-order valence-electron chi connectivity index (χ0n) is 16.3. The van der Waals surface area contributed by atoms with Gasteiger partial charge in [0.1, 0.15) is 0 Å². The number of rotatable bonds is 7. The van der Waals surface area contributed by atoms with Crippen molar-refractivity contribution in [2.24, 2.45) is 0 Å². The smallest absolute Gasteiger partial charge is 0.387 e. The minimum atomic E-state index is -2.99. The molecule has 1 aliphatic rings. The molecule has 1 amide bonds. The first-order chi connectivity index (χ1) is 14.4. The third kappa shape index (κ3) is 5.20. The number of halogens is 2. The van der Waals surface area contributed by atoms with E-state index in [1.54, 1.807) is 17.0 Å². The number of amides is 1. The van der Waals surface area contributed by atoms with Crippen molar-refractivity contribution in [1.82, 2.24) is 9.80 Å². The molecular formula is C20H21F2N3O5. The lowest BCUT2D eigenvalue weighted by Crippen LogP contribution is -2.48. The Hall–Kier alpha value is -3.27. The van der Waals surface area contributed by atoms with Gasteiger partial charge in [-0.2, -0.15) is 8.78 Å². The maximum atomic E-state index is 12.8. The van der Waals surface area contributed by atoms with E-state index in [0.717, 1.165) is 5.56 Å². The molecule has 3 rings (SSSR count). The highest BCUT2D eigenvalue weighted by molar-refractivity contribution is 5.95. The van der Waals surface area contributed by atoms with Gasteiger partial charge in [-0.15, -0.1) is 0 Å². The van der Waals surface area contributed by atoms with Gasteiger partial charge in [-0.25, -0.2) is 0 Å². The summed E-state index contributed by atoms with van der Waals surface area (Å²) in [6.45, 7) is -0.260. The zero-order chi connectivity index (χ0) is 21.7. The van der Waals surface area contributed by atoms with Crippen LogP contribution in [0.1, 0.15) is 15.9 Å². The molecule has 1 saturated heterocycles. The summed E-state index contributed by atoms with van der Waals surface area (Å²) in [6.07, 6.45) is 0. The number of nitro benzene ring substituents is 1. The summed E-state index contributed by atoms with van der Waals surface area (Å²) in [5, 5.41) is 10.9. The third-order valence-electron chi connectivity index (χ3n) is 4.81. The van der Waals surface area contributed by atoms with E-state index < -0.39 is 11.5 Å². The van der Waals surface area contributed by atoms with Crippen LogP contribution in [0.15, 0.2) is 42.5 Å². The Labute approximate surface area is 171 Å².